The molecule has 3 heterocycles. The van der Waals surface area contributed by atoms with E-state index in [1.807, 2.05) is 23.6 Å². The fraction of sp³-hybridized carbons (Fsp3) is 0.360. The smallest absolute Gasteiger partial charge is 0.338 e. The predicted octanol–water partition coefficient (Wildman–Crippen LogP) is 4.70. The number of nitrogens with zero attached hydrogens (tertiary/aromatic N) is 3. The van der Waals surface area contributed by atoms with Gasteiger partial charge in [0.2, 0.25) is 5.88 Å². The van der Waals surface area contributed by atoms with Crippen molar-refractivity contribution in [3.05, 3.63) is 68.1 Å². The summed E-state index contributed by atoms with van der Waals surface area (Å²) < 4.78 is 11.1. The summed E-state index contributed by atoms with van der Waals surface area (Å²) in [7, 11) is 0. The molecule has 1 aliphatic heterocycles. The number of thiophene rings is 1. The first-order valence-electron chi connectivity index (χ1n) is 11.1. The van der Waals surface area contributed by atoms with E-state index in [4.69, 9.17) is 20.2 Å². The molecule has 0 fully saturated rings. The van der Waals surface area contributed by atoms with Gasteiger partial charge in [0.15, 0.2) is 0 Å². The predicted molar refractivity (Wildman–Crippen MR) is 130 cm³/mol. The molecule has 2 aromatic rings. The van der Waals surface area contributed by atoms with E-state index in [1.54, 1.807) is 6.92 Å². The van der Waals surface area contributed by atoms with Crippen LogP contribution < -0.4 is 5.73 Å². The van der Waals surface area contributed by atoms with Crippen LogP contribution in [0.1, 0.15) is 53.8 Å². The fourth-order valence-electron chi connectivity index (χ4n) is 4.21. The van der Waals surface area contributed by atoms with E-state index >= 15 is 0 Å². The number of nitrogens with two attached hydrogens (primary N) is 1. The molecule has 0 bridgehead atoms. The molecule has 0 saturated carbocycles. The Morgan fingerprint density at radius 3 is 2.85 bits per heavy atom. The lowest BCUT2D eigenvalue weighted by atomic mass is 9.87. The molecule has 0 aromatic carbocycles. The van der Waals surface area contributed by atoms with Gasteiger partial charge in [-0.2, -0.15) is 10.5 Å². The number of hydrogen-bond acceptors (Lipinski definition) is 9. The Kier molecular flexibility index (Phi) is 7.56. The van der Waals surface area contributed by atoms with Crippen molar-refractivity contribution in [2.75, 3.05) is 12.4 Å². The number of nitriles is 2. The van der Waals surface area contributed by atoms with Crippen LogP contribution in [0.4, 0.5) is 0 Å². The number of rotatable bonds is 6. The molecule has 7 nitrogen and oxygen atoms in total. The van der Waals surface area contributed by atoms with Gasteiger partial charge in [0.05, 0.1) is 29.4 Å². The summed E-state index contributed by atoms with van der Waals surface area (Å²) in [6, 6.07) is 10.0. The summed E-state index contributed by atoms with van der Waals surface area (Å²) >= 11 is 2.75. The summed E-state index contributed by atoms with van der Waals surface area (Å²) in [5, 5.41) is 22.0. The lowest BCUT2D eigenvalue weighted by Crippen LogP contribution is -2.26. The lowest BCUT2D eigenvalue weighted by Gasteiger charge is -2.27. The largest absolute Gasteiger partial charge is 0.463 e. The number of aryl methyl sites for hydroxylation is 2. The highest BCUT2D eigenvalue weighted by Crippen LogP contribution is 2.42. The molecule has 0 radical (unpaired) electrons. The minimum absolute atomic E-state index is 0.0278. The van der Waals surface area contributed by atoms with Crippen molar-refractivity contribution in [3.8, 4) is 12.1 Å². The van der Waals surface area contributed by atoms with Crippen LogP contribution in [0.2, 0.25) is 0 Å². The van der Waals surface area contributed by atoms with Crippen molar-refractivity contribution in [1.82, 2.24) is 4.98 Å². The zero-order valence-electron chi connectivity index (χ0n) is 18.8. The van der Waals surface area contributed by atoms with E-state index in [9.17, 15) is 15.3 Å². The summed E-state index contributed by atoms with van der Waals surface area (Å²) in [5.74, 6) is -0.703. The number of pyridine rings is 1. The Balaban J connectivity index is 1.72. The number of allylic oxidation sites excluding steroid dienone is 1. The average molecular weight is 493 g/mol. The molecule has 1 atom stereocenters. The number of ether oxygens (including phenoxy) is 2. The van der Waals surface area contributed by atoms with Crippen LogP contribution in [-0.2, 0) is 27.1 Å². The normalized spacial score (nSPS) is 17.8. The highest BCUT2D eigenvalue weighted by molar-refractivity contribution is 7.99. The third-order valence-corrected chi connectivity index (χ3v) is 7.72. The van der Waals surface area contributed by atoms with Crippen molar-refractivity contribution in [1.29, 1.82) is 10.5 Å². The second-order valence-corrected chi connectivity index (χ2v) is 9.85. The second-order valence-electron chi connectivity index (χ2n) is 7.91. The van der Waals surface area contributed by atoms with Crippen LogP contribution in [0, 0.1) is 22.7 Å². The molecule has 0 unspecified atom stereocenters. The third kappa shape index (κ3) is 4.82. The summed E-state index contributed by atoms with van der Waals surface area (Å²) in [4.78, 5) is 18.6. The van der Waals surface area contributed by atoms with E-state index in [0.717, 1.165) is 48.2 Å². The molecule has 174 valence electrons. The summed E-state index contributed by atoms with van der Waals surface area (Å²) in [6.07, 6.45) is 5.17. The number of hydrogen-bond donors (Lipinski definition) is 1. The van der Waals surface area contributed by atoms with Crippen LogP contribution in [0.15, 0.2) is 51.4 Å². The van der Waals surface area contributed by atoms with Crippen molar-refractivity contribution >= 4 is 29.1 Å². The van der Waals surface area contributed by atoms with Gasteiger partial charge in [-0.15, -0.1) is 11.3 Å². The molecule has 34 heavy (non-hydrogen) atoms. The monoisotopic (exact) mass is 492 g/mol. The molecular formula is C25H24N4O3S2. The van der Waals surface area contributed by atoms with Gasteiger partial charge in [0.1, 0.15) is 28.5 Å². The molecule has 2 aliphatic rings. The van der Waals surface area contributed by atoms with Crippen LogP contribution >= 0.6 is 23.1 Å². The molecule has 9 heteroatoms. The van der Waals surface area contributed by atoms with Crippen LogP contribution in [-0.4, -0.2) is 23.3 Å². The van der Waals surface area contributed by atoms with Gasteiger partial charge < -0.3 is 15.2 Å². The van der Waals surface area contributed by atoms with Gasteiger partial charge in [-0.25, -0.2) is 9.78 Å². The first-order chi connectivity index (χ1) is 16.6. The maximum atomic E-state index is 13.0. The summed E-state index contributed by atoms with van der Waals surface area (Å²) in [5.41, 5.74) is 9.25. The molecule has 0 spiro atoms. The van der Waals surface area contributed by atoms with Crippen molar-refractivity contribution in [2.45, 2.75) is 50.0 Å². The summed E-state index contributed by atoms with van der Waals surface area (Å²) in [6.45, 7) is 1.91. The Morgan fingerprint density at radius 1 is 1.32 bits per heavy atom. The quantitative estimate of drug-likeness (QED) is 0.350. The number of aromatic nitrogens is 1. The van der Waals surface area contributed by atoms with Crippen molar-refractivity contribution in [3.63, 3.8) is 0 Å². The lowest BCUT2D eigenvalue weighted by molar-refractivity contribution is -0.139. The minimum Gasteiger partial charge on any atom is -0.463 e. The third-order valence-electron chi connectivity index (χ3n) is 5.80. The van der Waals surface area contributed by atoms with E-state index in [2.05, 4.69) is 12.1 Å². The van der Waals surface area contributed by atoms with Gasteiger partial charge in [0.25, 0.3) is 0 Å². The number of carbonyl (C=O) groups is 1. The number of thioether (sulfide) groups is 1. The standard InChI is InChI=1S/C25H24N4O3S2/c1-2-31-25(30)22-19(32-23(28)17(13-27)21(22)20-9-6-10-33-20)14-34-24-16(12-26)11-15-7-4-3-5-8-18(15)29-24/h6,9-11,21H,2-5,7-8,14,28H2,1H3/t21-/m1/s1. The van der Waals surface area contributed by atoms with Crippen molar-refractivity contribution in [2.24, 2.45) is 5.73 Å². The first kappa shape index (κ1) is 23.9. The second kappa shape index (κ2) is 10.8. The van der Waals surface area contributed by atoms with E-state index in [1.165, 1.54) is 23.1 Å². The molecule has 2 N–H and O–H groups in total. The molecule has 0 amide bonds. The highest BCUT2D eigenvalue weighted by atomic mass is 32.2. The Morgan fingerprint density at radius 2 is 2.15 bits per heavy atom. The van der Waals surface area contributed by atoms with Gasteiger partial charge in [-0.1, -0.05) is 24.2 Å². The molecule has 4 rings (SSSR count). The van der Waals surface area contributed by atoms with Crippen LogP contribution in [0.25, 0.3) is 0 Å². The number of esters is 1. The maximum Gasteiger partial charge on any atom is 0.338 e. The number of carbonyl (C=O) groups excluding carboxylic acids is 1. The van der Waals surface area contributed by atoms with Gasteiger partial charge in [-0.3, -0.25) is 0 Å². The Hall–Kier alpha value is -3.27. The Labute approximate surface area is 206 Å². The minimum atomic E-state index is -0.663. The Bertz CT molecular complexity index is 1240. The fourth-order valence-corrected chi connectivity index (χ4v) is 5.97. The molecular weight excluding hydrogens is 468 g/mol. The zero-order chi connectivity index (χ0) is 24.1. The van der Waals surface area contributed by atoms with E-state index < -0.39 is 11.9 Å². The van der Waals surface area contributed by atoms with Crippen LogP contribution in [0.5, 0.6) is 0 Å². The maximum absolute atomic E-state index is 13.0. The topological polar surface area (TPSA) is 122 Å². The van der Waals surface area contributed by atoms with Gasteiger partial charge in [0, 0.05) is 10.6 Å². The van der Waals surface area contributed by atoms with E-state index in [-0.39, 0.29) is 29.4 Å². The van der Waals surface area contributed by atoms with Crippen LogP contribution in [0.3, 0.4) is 0 Å². The average Bonchev–Trinajstić information content (AvgIpc) is 3.27. The zero-order valence-corrected chi connectivity index (χ0v) is 20.4. The first-order valence-corrected chi connectivity index (χ1v) is 13.0. The van der Waals surface area contributed by atoms with Crippen molar-refractivity contribution < 1.29 is 14.3 Å². The van der Waals surface area contributed by atoms with Gasteiger partial charge >= 0.3 is 5.97 Å². The van der Waals surface area contributed by atoms with E-state index in [0.29, 0.717) is 16.3 Å². The molecule has 2 aromatic heterocycles. The van der Waals surface area contributed by atoms with Gasteiger partial charge in [-0.05, 0) is 55.7 Å². The SMILES string of the molecule is CCOC(=O)C1=C(CSc2nc3c(cc2C#N)CCCCC3)OC(N)=C(C#N)[C@@H]1c1cccs1. The highest BCUT2D eigenvalue weighted by Gasteiger charge is 2.38. The number of fused-ring (bicyclic) bond motifs is 1. The molecule has 1 aliphatic carbocycles. The molecule has 0 saturated heterocycles.